The number of hydrogen-bond donors (Lipinski definition) is 1. The van der Waals surface area contributed by atoms with Gasteiger partial charge in [-0.2, -0.15) is 0 Å². The summed E-state index contributed by atoms with van der Waals surface area (Å²) in [5.41, 5.74) is -0.578. The number of carboxylic acids is 1. The average molecular weight is 263 g/mol. The Balaban J connectivity index is 2.93. The maximum absolute atomic E-state index is 11.9. The molecule has 6 nitrogen and oxygen atoms in total. The van der Waals surface area contributed by atoms with E-state index in [1.165, 1.54) is 34.9 Å². The molecule has 0 bridgehead atoms. The Morgan fingerprint density at radius 1 is 1.61 bits per heavy atom. The van der Waals surface area contributed by atoms with Crippen molar-refractivity contribution in [2.45, 2.75) is 5.16 Å². The van der Waals surface area contributed by atoms with Crippen LogP contribution in [0.25, 0.3) is 17.2 Å². The standard InChI is InChI=1S/C11H9N3O3S/c1-3-14-5-7(10(16)17)8(15)6-4-12-11(18-2)13-9(6)14/h3-5H,1H2,2H3,(H,16,17). The number of aromatic carboxylic acids is 1. The molecule has 2 rings (SSSR count). The highest BCUT2D eigenvalue weighted by atomic mass is 32.2. The number of carbonyl (C=O) groups is 1. The second kappa shape index (κ2) is 4.61. The van der Waals surface area contributed by atoms with Gasteiger partial charge in [-0.3, -0.25) is 4.79 Å². The quantitative estimate of drug-likeness (QED) is 0.664. The molecule has 0 unspecified atom stereocenters. The van der Waals surface area contributed by atoms with E-state index in [1.54, 1.807) is 0 Å². The van der Waals surface area contributed by atoms with Gasteiger partial charge in [-0.05, 0) is 6.26 Å². The fraction of sp³-hybridized carbons (Fsp3) is 0.0909. The Labute approximate surface area is 106 Å². The summed E-state index contributed by atoms with van der Waals surface area (Å²) >= 11 is 1.33. The third-order valence-electron chi connectivity index (χ3n) is 2.36. The van der Waals surface area contributed by atoms with Crippen molar-refractivity contribution in [3.05, 3.63) is 34.8 Å². The molecule has 0 fully saturated rings. The number of pyridine rings is 1. The number of rotatable bonds is 3. The molecule has 2 aromatic heterocycles. The number of thioether (sulfide) groups is 1. The Bertz CT molecular complexity index is 708. The van der Waals surface area contributed by atoms with E-state index in [4.69, 9.17) is 5.11 Å². The highest BCUT2D eigenvalue weighted by Gasteiger charge is 2.15. The van der Waals surface area contributed by atoms with Crippen LogP contribution in [0.5, 0.6) is 0 Å². The first kappa shape index (κ1) is 12.3. The summed E-state index contributed by atoms with van der Waals surface area (Å²) in [6.45, 7) is 3.57. The van der Waals surface area contributed by atoms with E-state index >= 15 is 0 Å². The highest BCUT2D eigenvalue weighted by molar-refractivity contribution is 7.98. The van der Waals surface area contributed by atoms with Crippen molar-refractivity contribution < 1.29 is 9.90 Å². The third-order valence-corrected chi connectivity index (χ3v) is 2.92. The number of aromatic nitrogens is 3. The van der Waals surface area contributed by atoms with Crippen molar-refractivity contribution in [3.8, 4) is 0 Å². The molecule has 0 aliphatic rings. The maximum Gasteiger partial charge on any atom is 0.341 e. The van der Waals surface area contributed by atoms with Gasteiger partial charge in [0, 0.05) is 18.6 Å². The smallest absolute Gasteiger partial charge is 0.341 e. The molecule has 0 saturated carbocycles. The fourth-order valence-corrected chi connectivity index (χ4v) is 1.84. The monoisotopic (exact) mass is 263 g/mol. The minimum absolute atomic E-state index is 0.160. The summed E-state index contributed by atoms with van der Waals surface area (Å²) in [6.07, 6.45) is 5.74. The van der Waals surface area contributed by atoms with Crippen LogP contribution in [0.4, 0.5) is 0 Å². The van der Waals surface area contributed by atoms with Crippen LogP contribution in [0, 0.1) is 0 Å². The summed E-state index contributed by atoms with van der Waals surface area (Å²) in [5, 5.41) is 9.61. The van der Waals surface area contributed by atoms with E-state index in [0.29, 0.717) is 10.8 Å². The molecule has 0 atom stereocenters. The van der Waals surface area contributed by atoms with Gasteiger partial charge in [0.05, 0.1) is 5.39 Å². The second-order valence-corrected chi connectivity index (χ2v) is 4.13. The lowest BCUT2D eigenvalue weighted by molar-refractivity contribution is 0.0695. The van der Waals surface area contributed by atoms with Gasteiger partial charge in [-0.15, -0.1) is 0 Å². The normalized spacial score (nSPS) is 10.5. The van der Waals surface area contributed by atoms with Crippen molar-refractivity contribution in [1.29, 1.82) is 0 Å². The van der Waals surface area contributed by atoms with Crippen LogP contribution in [0.1, 0.15) is 10.4 Å². The molecular weight excluding hydrogens is 254 g/mol. The third kappa shape index (κ3) is 1.88. The van der Waals surface area contributed by atoms with Crippen molar-refractivity contribution in [1.82, 2.24) is 14.5 Å². The first-order chi connectivity index (χ1) is 8.58. The molecule has 18 heavy (non-hydrogen) atoms. The van der Waals surface area contributed by atoms with Crippen LogP contribution in [-0.4, -0.2) is 31.9 Å². The minimum Gasteiger partial charge on any atom is -0.477 e. The Morgan fingerprint density at radius 3 is 2.89 bits per heavy atom. The maximum atomic E-state index is 11.9. The molecule has 0 aliphatic carbocycles. The number of fused-ring (bicyclic) bond motifs is 1. The molecule has 0 saturated heterocycles. The van der Waals surface area contributed by atoms with Crippen molar-refractivity contribution in [2.24, 2.45) is 0 Å². The molecule has 0 aromatic carbocycles. The van der Waals surface area contributed by atoms with Crippen molar-refractivity contribution >= 4 is 35.0 Å². The SMILES string of the molecule is C=Cn1cc(C(=O)O)c(=O)c2cnc(SC)nc21. The molecule has 92 valence electrons. The second-order valence-electron chi connectivity index (χ2n) is 3.36. The molecule has 1 N–H and O–H groups in total. The van der Waals surface area contributed by atoms with Crippen LogP contribution in [-0.2, 0) is 0 Å². The predicted octanol–water partition coefficient (Wildman–Crippen LogP) is 1.31. The Hall–Kier alpha value is -2.15. The summed E-state index contributed by atoms with van der Waals surface area (Å²) in [5.74, 6) is -1.29. The molecule has 0 aliphatic heterocycles. The molecule has 0 radical (unpaired) electrons. The molecular formula is C11H9N3O3S. The molecule has 7 heteroatoms. The van der Waals surface area contributed by atoms with Crippen LogP contribution < -0.4 is 5.43 Å². The number of carboxylic acid groups (broad SMARTS) is 1. The highest BCUT2D eigenvalue weighted by Crippen LogP contribution is 2.14. The van der Waals surface area contributed by atoms with E-state index in [0.717, 1.165) is 0 Å². The summed E-state index contributed by atoms with van der Waals surface area (Å²) in [4.78, 5) is 31.0. The zero-order valence-electron chi connectivity index (χ0n) is 9.45. The van der Waals surface area contributed by atoms with Crippen LogP contribution in [0.3, 0.4) is 0 Å². The summed E-state index contributed by atoms with van der Waals surface area (Å²) < 4.78 is 1.40. The van der Waals surface area contributed by atoms with E-state index in [2.05, 4.69) is 16.5 Å². The van der Waals surface area contributed by atoms with Gasteiger partial charge in [0.1, 0.15) is 5.56 Å². The van der Waals surface area contributed by atoms with Gasteiger partial charge in [-0.1, -0.05) is 18.3 Å². The van der Waals surface area contributed by atoms with Crippen molar-refractivity contribution in [2.75, 3.05) is 6.26 Å². The van der Waals surface area contributed by atoms with Gasteiger partial charge in [0.25, 0.3) is 0 Å². The van der Waals surface area contributed by atoms with E-state index < -0.39 is 11.4 Å². The predicted molar refractivity (Wildman–Crippen MR) is 68.9 cm³/mol. The minimum atomic E-state index is -1.29. The lowest BCUT2D eigenvalue weighted by Crippen LogP contribution is -2.18. The van der Waals surface area contributed by atoms with E-state index in [-0.39, 0.29) is 10.9 Å². The number of hydrogen-bond acceptors (Lipinski definition) is 5. The molecule has 0 spiro atoms. The van der Waals surface area contributed by atoms with E-state index in [1.807, 2.05) is 6.26 Å². The summed E-state index contributed by atoms with van der Waals surface area (Å²) in [7, 11) is 0. The molecule has 0 amide bonds. The van der Waals surface area contributed by atoms with Gasteiger partial charge < -0.3 is 9.67 Å². The largest absolute Gasteiger partial charge is 0.477 e. The first-order valence-corrected chi connectivity index (χ1v) is 6.12. The summed E-state index contributed by atoms with van der Waals surface area (Å²) in [6, 6.07) is 0. The number of nitrogens with zero attached hydrogens (tertiary/aromatic N) is 3. The van der Waals surface area contributed by atoms with Gasteiger partial charge in [0.15, 0.2) is 10.8 Å². The lowest BCUT2D eigenvalue weighted by Gasteiger charge is -2.06. The van der Waals surface area contributed by atoms with Gasteiger partial charge >= 0.3 is 5.97 Å². The fourth-order valence-electron chi connectivity index (χ4n) is 1.51. The van der Waals surface area contributed by atoms with Gasteiger partial charge in [-0.25, -0.2) is 14.8 Å². The Morgan fingerprint density at radius 2 is 2.33 bits per heavy atom. The van der Waals surface area contributed by atoms with Crippen LogP contribution in [0.2, 0.25) is 0 Å². The lowest BCUT2D eigenvalue weighted by atomic mass is 10.2. The van der Waals surface area contributed by atoms with Crippen LogP contribution in [0.15, 0.2) is 28.9 Å². The average Bonchev–Trinajstić information content (AvgIpc) is 2.38. The topological polar surface area (TPSA) is 85.1 Å². The van der Waals surface area contributed by atoms with Crippen molar-refractivity contribution in [3.63, 3.8) is 0 Å². The zero-order chi connectivity index (χ0) is 13.3. The zero-order valence-corrected chi connectivity index (χ0v) is 10.3. The molecule has 2 aromatic rings. The molecule has 2 heterocycles. The Kier molecular flexibility index (Phi) is 3.15. The van der Waals surface area contributed by atoms with Crippen LogP contribution >= 0.6 is 11.8 Å². The van der Waals surface area contributed by atoms with Gasteiger partial charge in [0.2, 0.25) is 5.43 Å². The van der Waals surface area contributed by atoms with E-state index in [9.17, 15) is 9.59 Å². The first-order valence-electron chi connectivity index (χ1n) is 4.90.